The van der Waals surface area contributed by atoms with Crippen molar-refractivity contribution in [2.75, 3.05) is 0 Å². The van der Waals surface area contributed by atoms with Crippen LogP contribution < -0.4 is 14.9 Å². The normalized spacial score (nSPS) is 34.0. The van der Waals surface area contributed by atoms with Crippen molar-refractivity contribution < 1.29 is 64.2 Å². The van der Waals surface area contributed by atoms with Gasteiger partial charge >= 0.3 is 0 Å². The molecule has 3 aromatic rings. The fourth-order valence-electron chi connectivity index (χ4n) is 4.68. The van der Waals surface area contributed by atoms with Gasteiger partial charge in [0.05, 0.1) is 12.2 Å². The molecule has 2 fully saturated rings. The quantitative estimate of drug-likeness (QED) is 0.175. The van der Waals surface area contributed by atoms with Crippen LogP contribution in [0, 0.1) is 0 Å². The summed E-state index contributed by atoms with van der Waals surface area (Å²) in [6, 6.07) is 8.24. The van der Waals surface area contributed by atoms with Gasteiger partial charge in [0.1, 0.15) is 59.1 Å². The third-order valence-corrected chi connectivity index (χ3v) is 7.18. The molecule has 1 aromatic heterocycles. The highest BCUT2D eigenvalue weighted by Crippen LogP contribution is 2.42. The number of ether oxygens (including phenoxy) is 4. The van der Waals surface area contributed by atoms with E-state index < -0.39 is 84.1 Å². The Morgan fingerprint density at radius 3 is 1.78 bits per heavy atom. The van der Waals surface area contributed by atoms with E-state index in [1.54, 1.807) is 0 Å². The lowest BCUT2D eigenvalue weighted by Gasteiger charge is -2.38. The van der Waals surface area contributed by atoms with Gasteiger partial charge in [-0.3, -0.25) is 4.79 Å². The molecule has 0 saturated carbocycles. The molecular weight excluding hydrogens is 548 g/mol. The summed E-state index contributed by atoms with van der Waals surface area (Å²) in [6.07, 6.45) is -13.4. The topological polar surface area (TPSA) is 229 Å². The van der Waals surface area contributed by atoms with Crippen molar-refractivity contribution in [3.05, 3.63) is 46.6 Å². The maximum Gasteiger partial charge on any atom is 0.229 e. The summed E-state index contributed by atoms with van der Waals surface area (Å²) >= 11 is 0. The van der Waals surface area contributed by atoms with Gasteiger partial charge < -0.3 is 64.2 Å². The van der Waals surface area contributed by atoms with Crippen molar-refractivity contribution in [1.29, 1.82) is 0 Å². The van der Waals surface area contributed by atoms with Gasteiger partial charge in [0.2, 0.25) is 18.3 Å². The van der Waals surface area contributed by atoms with Crippen LogP contribution in [-0.4, -0.2) is 102 Å². The first kappa shape index (κ1) is 29.0. The molecular formula is C27H30O14. The van der Waals surface area contributed by atoms with E-state index in [9.17, 15) is 45.6 Å². The summed E-state index contributed by atoms with van der Waals surface area (Å²) in [5.74, 6) is -1.79. The van der Waals surface area contributed by atoms with Gasteiger partial charge in [-0.05, 0) is 38.1 Å². The Balaban J connectivity index is 1.41. The van der Waals surface area contributed by atoms with Crippen molar-refractivity contribution in [2.24, 2.45) is 0 Å². The van der Waals surface area contributed by atoms with Gasteiger partial charge in [-0.2, -0.15) is 0 Å². The molecule has 14 heteroatoms. The molecule has 222 valence electrons. The van der Waals surface area contributed by atoms with Crippen LogP contribution >= 0.6 is 0 Å². The van der Waals surface area contributed by atoms with Crippen molar-refractivity contribution in [3.63, 3.8) is 0 Å². The first-order valence-electron chi connectivity index (χ1n) is 12.7. The number of phenolic OH excluding ortho intramolecular Hbond substituents is 2. The molecule has 0 amide bonds. The molecule has 0 bridgehead atoms. The Morgan fingerprint density at radius 2 is 1.22 bits per heavy atom. The van der Waals surface area contributed by atoms with E-state index in [0.29, 0.717) is 5.56 Å². The Kier molecular flexibility index (Phi) is 7.84. The van der Waals surface area contributed by atoms with Crippen LogP contribution in [0.25, 0.3) is 22.3 Å². The second-order valence-electron chi connectivity index (χ2n) is 10.0. The molecule has 14 nitrogen and oxygen atoms in total. The Hall–Kier alpha value is -3.47. The number of aromatic hydroxyl groups is 2. The molecule has 0 radical (unpaired) electrons. The molecule has 0 spiro atoms. The average molecular weight is 579 g/mol. The van der Waals surface area contributed by atoms with Crippen LogP contribution in [0.15, 0.2) is 45.6 Å². The predicted octanol–water partition coefficient (Wildman–Crippen LogP) is -0.716. The first-order valence-corrected chi connectivity index (χ1v) is 12.7. The minimum atomic E-state index is -1.70. The zero-order valence-electron chi connectivity index (χ0n) is 21.8. The Labute approximate surface area is 231 Å². The molecule has 10 atom stereocenters. The third kappa shape index (κ3) is 5.31. The Morgan fingerprint density at radius 1 is 0.683 bits per heavy atom. The summed E-state index contributed by atoms with van der Waals surface area (Å²) in [6.45, 7) is 2.96. The van der Waals surface area contributed by atoms with Crippen molar-refractivity contribution in [2.45, 2.75) is 75.3 Å². The van der Waals surface area contributed by atoms with Gasteiger partial charge in [0, 0.05) is 17.7 Å². The molecule has 2 aromatic carbocycles. The fraction of sp³-hybridized carbons (Fsp3) is 0.444. The molecule has 2 aliphatic rings. The minimum Gasteiger partial charge on any atom is -0.504 e. The van der Waals surface area contributed by atoms with Gasteiger partial charge in [-0.15, -0.1) is 0 Å². The van der Waals surface area contributed by atoms with E-state index in [1.807, 2.05) is 0 Å². The molecule has 2 aliphatic heterocycles. The standard InChI is InChI=1S/C27H30O14/c1-9-18(29)22(33)24(35)26(37-9)39-12-5-3-11(4-6-12)14-7-13(28)17-15(40-14)8-16(20(31)21(17)32)41-27-25(36)23(34)19(30)10(2)38-27/h3-10,18-19,22-27,29-36H,1-2H3/t9-,10-,18-,19-,22+,23+,24+,25+,26-,27-/m0/s1. The smallest absolute Gasteiger partial charge is 0.229 e. The fourth-order valence-corrected chi connectivity index (χ4v) is 4.68. The molecule has 2 saturated heterocycles. The SMILES string of the molecule is C[C@@H]1O[C@@H](Oc2ccc(-c3cc(=O)c4c(O)c(O)c(O[C@@H]5O[C@@H](C)[C@H](O)[C@@H](O)[C@H]5O)cc4o3)cc2)[C@H](O)[C@H](O)[C@H]1O. The van der Waals surface area contributed by atoms with E-state index in [2.05, 4.69) is 0 Å². The zero-order valence-corrected chi connectivity index (χ0v) is 21.8. The van der Waals surface area contributed by atoms with Crippen molar-refractivity contribution in [3.8, 4) is 34.3 Å². The summed E-state index contributed by atoms with van der Waals surface area (Å²) in [4.78, 5) is 12.9. The second-order valence-corrected chi connectivity index (χ2v) is 10.0. The van der Waals surface area contributed by atoms with Crippen molar-refractivity contribution >= 4 is 11.0 Å². The maximum absolute atomic E-state index is 12.9. The Bertz CT molecular complexity index is 1460. The predicted molar refractivity (Wildman–Crippen MR) is 137 cm³/mol. The monoisotopic (exact) mass is 578 g/mol. The lowest BCUT2D eigenvalue weighted by molar-refractivity contribution is -0.268. The molecule has 0 aliphatic carbocycles. The molecule has 41 heavy (non-hydrogen) atoms. The van der Waals surface area contributed by atoms with Gasteiger partial charge in [0.25, 0.3) is 0 Å². The van der Waals surface area contributed by atoms with Gasteiger partial charge in [-0.25, -0.2) is 0 Å². The number of fused-ring (bicyclic) bond motifs is 1. The molecule has 3 heterocycles. The largest absolute Gasteiger partial charge is 0.504 e. The minimum absolute atomic E-state index is 0.0623. The number of rotatable bonds is 5. The number of phenols is 2. The first-order chi connectivity index (χ1) is 19.4. The molecule has 5 rings (SSSR count). The van der Waals surface area contributed by atoms with E-state index in [0.717, 1.165) is 12.1 Å². The van der Waals surface area contributed by atoms with E-state index in [1.165, 1.54) is 38.1 Å². The maximum atomic E-state index is 12.9. The van der Waals surface area contributed by atoms with Crippen LogP contribution in [-0.2, 0) is 9.47 Å². The van der Waals surface area contributed by atoms with Crippen LogP contribution in [0.2, 0.25) is 0 Å². The summed E-state index contributed by atoms with van der Waals surface area (Å²) in [5.41, 5.74) is -0.475. The molecule has 0 unspecified atom stereocenters. The molecule has 8 N–H and O–H groups in total. The zero-order chi connectivity index (χ0) is 29.7. The van der Waals surface area contributed by atoms with Crippen molar-refractivity contribution in [1.82, 2.24) is 0 Å². The number of hydrogen-bond acceptors (Lipinski definition) is 14. The number of hydrogen-bond donors (Lipinski definition) is 8. The van der Waals surface area contributed by atoms with Crippen LogP contribution in [0.3, 0.4) is 0 Å². The van der Waals surface area contributed by atoms with E-state index >= 15 is 0 Å². The highest BCUT2D eigenvalue weighted by molar-refractivity contribution is 5.89. The van der Waals surface area contributed by atoms with Crippen LogP contribution in [0.5, 0.6) is 23.0 Å². The third-order valence-electron chi connectivity index (χ3n) is 7.18. The number of benzene rings is 2. The van der Waals surface area contributed by atoms with E-state index in [-0.39, 0.29) is 22.5 Å². The lowest BCUT2D eigenvalue weighted by Crippen LogP contribution is -2.58. The number of aliphatic hydroxyl groups excluding tert-OH is 6. The van der Waals surface area contributed by atoms with E-state index in [4.69, 9.17) is 23.4 Å². The average Bonchev–Trinajstić information content (AvgIpc) is 2.95. The summed E-state index contributed by atoms with van der Waals surface area (Å²) < 4.78 is 27.7. The van der Waals surface area contributed by atoms with Gasteiger partial charge in [-0.1, -0.05) is 0 Å². The van der Waals surface area contributed by atoms with Crippen LogP contribution in [0.1, 0.15) is 13.8 Å². The van der Waals surface area contributed by atoms with Crippen LogP contribution in [0.4, 0.5) is 0 Å². The highest BCUT2D eigenvalue weighted by Gasteiger charge is 2.44. The lowest BCUT2D eigenvalue weighted by atomic mass is 10.00. The number of aliphatic hydroxyl groups is 6. The second kappa shape index (κ2) is 11.1. The summed E-state index contributed by atoms with van der Waals surface area (Å²) in [5, 5.41) is 80.8. The summed E-state index contributed by atoms with van der Waals surface area (Å²) in [7, 11) is 0. The highest BCUT2D eigenvalue weighted by atomic mass is 16.7. The van der Waals surface area contributed by atoms with Gasteiger partial charge in [0.15, 0.2) is 16.9 Å².